The van der Waals surface area contributed by atoms with Crippen LogP contribution in [0.3, 0.4) is 0 Å². The van der Waals surface area contributed by atoms with E-state index in [2.05, 4.69) is 12.2 Å². The molecule has 23 heavy (non-hydrogen) atoms. The van der Waals surface area contributed by atoms with E-state index in [1.165, 1.54) is 0 Å². The zero-order valence-electron chi connectivity index (χ0n) is 14.9. The van der Waals surface area contributed by atoms with Gasteiger partial charge in [0, 0.05) is 0 Å². The van der Waals surface area contributed by atoms with E-state index < -0.39 is 5.54 Å². The van der Waals surface area contributed by atoms with Gasteiger partial charge in [-0.3, -0.25) is 4.79 Å². The lowest BCUT2D eigenvalue weighted by Crippen LogP contribution is -2.49. The number of nitrogens with two attached hydrogens (primary N) is 1. The smallest absolute Gasteiger partial charge is 0.239 e. The lowest BCUT2D eigenvalue weighted by Gasteiger charge is -2.22. The van der Waals surface area contributed by atoms with Gasteiger partial charge in [-0.15, -0.1) is 0 Å². The average Bonchev–Trinajstić information content (AvgIpc) is 2.50. The highest BCUT2D eigenvalue weighted by molar-refractivity contribution is 5.85. The molecule has 1 aromatic carbocycles. The van der Waals surface area contributed by atoms with E-state index in [9.17, 15) is 4.79 Å². The molecule has 0 radical (unpaired) electrons. The van der Waals surface area contributed by atoms with E-state index in [1.807, 2.05) is 25.1 Å². The molecule has 1 atom stereocenters. The van der Waals surface area contributed by atoms with Gasteiger partial charge in [-0.25, -0.2) is 0 Å². The number of amides is 1. The maximum atomic E-state index is 12.0. The number of carbonyl (C=O) groups excluding carboxylic acids is 1. The normalized spacial score (nSPS) is 12.6. The molecular weight excluding hydrogens is 292 g/mol. The number of rotatable bonds is 9. The molecule has 0 fully saturated rings. The van der Waals surface area contributed by atoms with Crippen molar-refractivity contribution in [2.24, 2.45) is 5.73 Å². The largest absolute Gasteiger partial charge is 0.493 e. The number of hydrogen-bond donors (Lipinski definition) is 2. The maximum Gasteiger partial charge on any atom is 0.239 e. The summed E-state index contributed by atoms with van der Waals surface area (Å²) >= 11 is 0. The van der Waals surface area contributed by atoms with Crippen LogP contribution in [-0.4, -0.2) is 25.2 Å². The Bertz CT molecular complexity index is 509. The quantitative estimate of drug-likeness (QED) is 0.685. The van der Waals surface area contributed by atoms with Crippen LogP contribution in [0.4, 0.5) is 0 Å². The third-order valence-corrected chi connectivity index (χ3v) is 3.63. The van der Waals surface area contributed by atoms with Crippen LogP contribution in [0, 0.1) is 0 Å². The highest BCUT2D eigenvalue weighted by Gasteiger charge is 2.24. The van der Waals surface area contributed by atoms with Crippen molar-refractivity contribution in [2.75, 3.05) is 13.7 Å². The Hall–Kier alpha value is -1.75. The second-order valence-electron chi connectivity index (χ2n) is 6.38. The van der Waals surface area contributed by atoms with Crippen molar-refractivity contribution in [3.8, 4) is 11.5 Å². The van der Waals surface area contributed by atoms with Crippen molar-refractivity contribution >= 4 is 5.91 Å². The standard InChI is InChI=1S/C18H30N2O3/c1-6-7-8-11-23-15-10-9-14(12-16(15)22-5)13(2)20-17(21)18(3,4)19/h9-10,12-13H,6-8,11,19H2,1-5H3,(H,20,21). The Labute approximate surface area is 139 Å². The van der Waals surface area contributed by atoms with Crippen LogP contribution >= 0.6 is 0 Å². The van der Waals surface area contributed by atoms with Gasteiger partial charge in [0.2, 0.25) is 5.91 Å². The van der Waals surface area contributed by atoms with Crippen molar-refractivity contribution < 1.29 is 14.3 Å². The van der Waals surface area contributed by atoms with Crippen LogP contribution in [-0.2, 0) is 4.79 Å². The predicted octanol–water partition coefficient (Wildman–Crippen LogP) is 3.18. The first-order valence-corrected chi connectivity index (χ1v) is 8.20. The zero-order valence-corrected chi connectivity index (χ0v) is 14.9. The van der Waals surface area contributed by atoms with Crippen LogP contribution in [0.1, 0.15) is 58.6 Å². The van der Waals surface area contributed by atoms with E-state index >= 15 is 0 Å². The van der Waals surface area contributed by atoms with Gasteiger partial charge < -0.3 is 20.5 Å². The minimum atomic E-state index is -0.902. The van der Waals surface area contributed by atoms with Crippen molar-refractivity contribution in [1.29, 1.82) is 0 Å². The fourth-order valence-corrected chi connectivity index (χ4v) is 2.07. The Kier molecular flexibility index (Phi) is 7.36. The summed E-state index contributed by atoms with van der Waals surface area (Å²) in [5, 5.41) is 2.91. The Morgan fingerprint density at radius 2 is 2.00 bits per heavy atom. The first-order chi connectivity index (χ1) is 10.8. The monoisotopic (exact) mass is 322 g/mol. The third-order valence-electron chi connectivity index (χ3n) is 3.63. The molecule has 3 N–H and O–H groups in total. The summed E-state index contributed by atoms with van der Waals surface area (Å²) in [6.45, 7) is 8.12. The average molecular weight is 322 g/mol. The summed E-state index contributed by atoms with van der Waals surface area (Å²) in [6.07, 6.45) is 3.34. The minimum absolute atomic E-state index is 0.159. The van der Waals surface area contributed by atoms with Crippen LogP contribution in [0.5, 0.6) is 11.5 Å². The number of hydrogen-bond acceptors (Lipinski definition) is 4. The molecule has 1 aromatic rings. The molecule has 1 rings (SSSR count). The SMILES string of the molecule is CCCCCOc1ccc(C(C)NC(=O)C(C)(C)N)cc1OC. The molecule has 1 unspecified atom stereocenters. The molecule has 5 nitrogen and oxygen atoms in total. The summed E-state index contributed by atoms with van der Waals surface area (Å²) in [4.78, 5) is 12.0. The van der Waals surface area contributed by atoms with E-state index in [0.29, 0.717) is 12.4 Å². The van der Waals surface area contributed by atoms with E-state index in [4.69, 9.17) is 15.2 Å². The van der Waals surface area contributed by atoms with Crippen LogP contribution < -0.4 is 20.5 Å². The van der Waals surface area contributed by atoms with Gasteiger partial charge in [0.25, 0.3) is 0 Å². The van der Waals surface area contributed by atoms with Gasteiger partial charge in [-0.05, 0) is 44.9 Å². The molecule has 0 saturated heterocycles. The molecule has 0 saturated carbocycles. The molecule has 0 aliphatic rings. The van der Waals surface area contributed by atoms with Gasteiger partial charge in [0.05, 0.1) is 25.3 Å². The number of methoxy groups -OCH3 is 1. The van der Waals surface area contributed by atoms with Crippen LogP contribution in [0.25, 0.3) is 0 Å². The first kappa shape index (κ1) is 19.3. The van der Waals surface area contributed by atoms with E-state index in [-0.39, 0.29) is 11.9 Å². The maximum absolute atomic E-state index is 12.0. The fraction of sp³-hybridized carbons (Fsp3) is 0.611. The molecule has 1 amide bonds. The number of benzene rings is 1. The van der Waals surface area contributed by atoms with Crippen molar-refractivity contribution in [2.45, 2.75) is 58.5 Å². The summed E-state index contributed by atoms with van der Waals surface area (Å²) < 4.78 is 11.2. The molecular formula is C18H30N2O3. The Balaban J connectivity index is 2.76. The molecule has 0 bridgehead atoms. The highest BCUT2D eigenvalue weighted by atomic mass is 16.5. The number of ether oxygens (including phenoxy) is 2. The summed E-state index contributed by atoms with van der Waals surface area (Å²) in [5.41, 5.74) is 5.85. The molecule has 0 aliphatic heterocycles. The van der Waals surface area contributed by atoms with Crippen molar-refractivity contribution in [3.63, 3.8) is 0 Å². The molecule has 5 heteroatoms. The van der Waals surface area contributed by atoms with Gasteiger partial charge in [-0.2, -0.15) is 0 Å². The topological polar surface area (TPSA) is 73.6 Å². The zero-order chi connectivity index (χ0) is 17.5. The first-order valence-electron chi connectivity index (χ1n) is 8.20. The van der Waals surface area contributed by atoms with E-state index in [1.54, 1.807) is 21.0 Å². The van der Waals surface area contributed by atoms with Crippen LogP contribution in [0.2, 0.25) is 0 Å². The molecule has 0 spiro atoms. The summed E-state index contributed by atoms with van der Waals surface area (Å²) in [6, 6.07) is 5.56. The second-order valence-corrected chi connectivity index (χ2v) is 6.38. The Morgan fingerprint density at radius 3 is 2.57 bits per heavy atom. The Morgan fingerprint density at radius 1 is 1.30 bits per heavy atom. The molecule has 0 aliphatic carbocycles. The number of unbranched alkanes of at least 4 members (excludes halogenated alkanes) is 2. The fourth-order valence-electron chi connectivity index (χ4n) is 2.07. The lowest BCUT2D eigenvalue weighted by molar-refractivity contribution is -0.125. The van der Waals surface area contributed by atoms with Crippen molar-refractivity contribution in [1.82, 2.24) is 5.32 Å². The van der Waals surface area contributed by atoms with Crippen LogP contribution in [0.15, 0.2) is 18.2 Å². The third kappa shape index (κ3) is 6.10. The van der Waals surface area contributed by atoms with Gasteiger partial charge in [0.15, 0.2) is 11.5 Å². The second kappa shape index (κ2) is 8.77. The number of nitrogens with one attached hydrogen (secondary N) is 1. The van der Waals surface area contributed by atoms with Gasteiger partial charge >= 0.3 is 0 Å². The summed E-state index contributed by atoms with van der Waals surface area (Å²) in [5.74, 6) is 1.21. The summed E-state index contributed by atoms with van der Waals surface area (Å²) in [7, 11) is 1.62. The van der Waals surface area contributed by atoms with Gasteiger partial charge in [0.1, 0.15) is 0 Å². The lowest BCUT2D eigenvalue weighted by atomic mass is 10.0. The molecule has 0 heterocycles. The highest BCUT2D eigenvalue weighted by Crippen LogP contribution is 2.30. The molecule has 130 valence electrons. The minimum Gasteiger partial charge on any atom is -0.493 e. The van der Waals surface area contributed by atoms with Gasteiger partial charge in [-0.1, -0.05) is 25.8 Å². The number of carbonyl (C=O) groups is 1. The van der Waals surface area contributed by atoms with Crippen molar-refractivity contribution in [3.05, 3.63) is 23.8 Å². The van der Waals surface area contributed by atoms with E-state index in [0.717, 1.165) is 30.6 Å². The molecule has 0 aromatic heterocycles. The predicted molar refractivity (Wildman–Crippen MR) is 92.8 cm³/mol.